The van der Waals surface area contributed by atoms with Crippen LogP contribution in [0.3, 0.4) is 0 Å². The summed E-state index contributed by atoms with van der Waals surface area (Å²) >= 11 is 0. The Morgan fingerprint density at radius 2 is 2.00 bits per heavy atom. The second-order valence-corrected chi connectivity index (χ2v) is 8.41. The largest absolute Gasteiger partial charge is 0.402 e. The first-order valence-electron chi connectivity index (χ1n) is 10.3. The van der Waals surface area contributed by atoms with E-state index in [1.165, 1.54) is 6.20 Å². The molecule has 2 aliphatic rings. The van der Waals surface area contributed by atoms with Crippen LogP contribution in [-0.4, -0.2) is 41.4 Å². The number of alkyl halides is 3. The van der Waals surface area contributed by atoms with Crippen LogP contribution < -0.4 is 16.5 Å². The maximum absolute atomic E-state index is 13.0. The van der Waals surface area contributed by atoms with E-state index in [1.54, 1.807) is 24.9 Å². The number of aromatic amines is 1. The molecule has 10 heteroatoms. The lowest BCUT2D eigenvalue weighted by Crippen LogP contribution is -2.39. The summed E-state index contributed by atoms with van der Waals surface area (Å²) in [6.07, 6.45) is -0.178. The summed E-state index contributed by atoms with van der Waals surface area (Å²) in [5, 5.41) is 2.72. The number of nitrogens with zero attached hydrogens (tertiary/aromatic N) is 2. The third-order valence-corrected chi connectivity index (χ3v) is 6.15. The van der Waals surface area contributed by atoms with Crippen molar-refractivity contribution in [1.29, 1.82) is 0 Å². The molecule has 0 radical (unpaired) electrons. The smallest absolute Gasteiger partial charge is 0.391 e. The van der Waals surface area contributed by atoms with Crippen LogP contribution in [0.1, 0.15) is 61.5 Å². The van der Waals surface area contributed by atoms with Gasteiger partial charge in [-0.15, -0.1) is 0 Å². The summed E-state index contributed by atoms with van der Waals surface area (Å²) in [5.41, 5.74) is 6.25. The van der Waals surface area contributed by atoms with E-state index in [4.69, 9.17) is 5.73 Å². The molecule has 1 aliphatic heterocycles. The van der Waals surface area contributed by atoms with Crippen molar-refractivity contribution in [1.82, 2.24) is 15.2 Å². The van der Waals surface area contributed by atoms with Gasteiger partial charge in [-0.2, -0.15) is 13.2 Å². The monoisotopic (exact) mass is 439 g/mol. The van der Waals surface area contributed by atoms with Gasteiger partial charge in [-0.05, 0) is 51.5 Å². The minimum absolute atomic E-state index is 0.0252. The van der Waals surface area contributed by atoms with Crippen LogP contribution in [0, 0.1) is 11.8 Å². The number of fused-ring (bicyclic) bond motifs is 1. The Kier molecular flexibility index (Phi) is 6.47. The molecule has 3 rings (SSSR count). The van der Waals surface area contributed by atoms with E-state index in [0.717, 1.165) is 0 Å². The molecule has 0 bridgehead atoms. The van der Waals surface area contributed by atoms with E-state index in [-0.39, 0.29) is 36.9 Å². The minimum Gasteiger partial charge on any atom is -0.402 e. The van der Waals surface area contributed by atoms with Gasteiger partial charge in [-0.25, -0.2) is 4.99 Å². The first-order chi connectivity index (χ1) is 14.5. The molecule has 1 aromatic rings. The van der Waals surface area contributed by atoms with E-state index in [0.29, 0.717) is 35.8 Å². The van der Waals surface area contributed by atoms with Gasteiger partial charge in [0, 0.05) is 25.5 Å². The highest BCUT2D eigenvalue weighted by Crippen LogP contribution is 2.39. The number of amides is 1. The molecule has 1 aromatic heterocycles. The second kappa shape index (κ2) is 8.76. The van der Waals surface area contributed by atoms with Crippen molar-refractivity contribution in [3.63, 3.8) is 0 Å². The van der Waals surface area contributed by atoms with Crippen LogP contribution in [0.2, 0.25) is 0 Å². The zero-order valence-corrected chi connectivity index (χ0v) is 17.8. The molecule has 1 saturated carbocycles. The van der Waals surface area contributed by atoms with Gasteiger partial charge in [0.05, 0.1) is 17.5 Å². The normalized spacial score (nSPS) is 24.5. The Labute approximate surface area is 178 Å². The van der Waals surface area contributed by atoms with Gasteiger partial charge >= 0.3 is 6.18 Å². The molecule has 1 atom stereocenters. The first kappa shape index (κ1) is 22.9. The predicted octanol–water partition coefficient (Wildman–Crippen LogP) is 3.37. The molecular formula is C21H28F3N5O2. The van der Waals surface area contributed by atoms with E-state index < -0.39 is 23.4 Å². The van der Waals surface area contributed by atoms with Crippen molar-refractivity contribution in [3.05, 3.63) is 39.3 Å². The Hall–Kier alpha value is -2.78. The van der Waals surface area contributed by atoms with Gasteiger partial charge < -0.3 is 20.9 Å². The number of carbonyl (C=O) groups excluding carboxylic acids is 1. The number of aromatic nitrogens is 1. The second-order valence-electron chi connectivity index (χ2n) is 8.41. The number of H-pyrrole nitrogens is 1. The number of amidine groups is 1. The van der Waals surface area contributed by atoms with E-state index >= 15 is 0 Å². The number of halogens is 3. The van der Waals surface area contributed by atoms with Gasteiger partial charge in [0.1, 0.15) is 17.2 Å². The summed E-state index contributed by atoms with van der Waals surface area (Å²) in [6.45, 7) is 3.82. The van der Waals surface area contributed by atoms with Crippen LogP contribution in [0.5, 0.6) is 0 Å². The number of nitrogens with one attached hydrogen (secondary N) is 2. The lowest BCUT2D eigenvalue weighted by atomic mass is 9.81. The van der Waals surface area contributed by atoms with Gasteiger partial charge in [0.2, 0.25) is 5.43 Å². The molecule has 0 spiro atoms. The Morgan fingerprint density at radius 3 is 2.58 bits per heavy atom. The highest BCUT2D eigenvalue weighted by Gasteiger charge is 2.41. The van der Waals surface area contributed by atoms with E-state index in [2.05, 4.69) is 15.3 Å². The summed E-state index contributed by atoms with van der Waals surface area (Å²) in [7, 11) is 1.79. The number of rotatable bonds is 4. The lowest BCUT2D eigenvalue weighted by molar-refractivity contribution is -0.183. The molecule has 1 unspecified atom stereocenters. The minimum atomic E-state index is -4.16. The lowest BCUT2D eigenvalue weighted by Gasteiger charge is -2.31. The highest BCUT2D eigenvalue weighted by molar-refractivity contribution is 5.97. The fourth-order valence-corrected chi connectivity index (χ4v) is 4.13. The number of likely N-dealkylation sites (N-methyl/N-ethyl adjacent to an activating group) is 1. The molecule has 1 aliphatic carbocycles. The average molecular weight is 439 g/mol. The number of carbonyl (C=O) groups is 1. The van der Waals surface area contributed by atoms with E-state index in [9.17, 15) is 22.8 Å². The molecule has 31 heavy (non-hydrogen) atoms. The molecule has 2 heterocycles. The van der Waals surface area contributed by atoms with Crippen molar-refractivity contribution < 1.29 is 18.0 Å². The number of pyridine rings is 1. The number of allylic oxidation sites excluding steroid dienone is 1. The third kappa shape index (κ3) is 4.94. The number of aliphatic imine (C=N–C) groups is 1. The maximum Gasteiger partial charge on any atom is 0.391 e. The quantitative estimate of drug-likeness (QED) is 0.669. The molecule has 7 nitrogen and oxygen atoms in total. The molecule has 0 saturated heterocycles. The highest BCUT2D eigenvalue weighted by atomic mass is 19.4. The Balaban J connectivity index is 1.71. The van der Waals surface area contributed by atoms with Crippen molar-refractivity contribution in [3.8, 4) is 0 Å². The SMILES string of the molecule is C/C(N)=C/C1=Nc2[nH]cc(C(=O)NCC3CCC(C(F)(F)F)CC3)c(=O)c2C(C)N1C. The zero-order chi connectivity index (χ0) is 22.9. The molecule has 4 N–H and O–H groups in total. The average Bonchev–Trinajstić information content (AvgIpc) is 2.69. The number of hydrogen-bond donors (Lipinski definition) is 3. The van der Waals surface area contributed by atoms with E-state index in [1.807, 2.05) is 6.92 Å². The topological polar surface area (TPSA) is 104 Å². The summed E-state index contributed by atoms with van der Waals surface area (Å²) in [6, 6.07) is -0.327. The summed E-state index contributed by atoms with van der Waals surface area (Å²) in [4.78, 5) is 34.8. The van der Waals surface area contributed by atoms with Gasteiger partial charge in [-0.3, -0.25) is 9.59 Å². The zero-order valence-electron chi connectivity index (χ0n) is 17.8. The molecule has 1 fully saturated rings. The summed E-state index contributed by atoms with van der Waals surface area (Å²) in [5.74, 6) is -0.843. The summed E-state index contributed by atoms with van der Waals surface area (Å²) < 4.78 is 38.4. The van der Waals surface area contributed by atoms with Crippen LogP contribution in [-0.2, 0) is 0 Å². The van der Waals surface area contributed by atoms with Crippen molar-refractivity contribution >= 4 is 17.6 Å². The Bertz CT molecular complexity index is 955. The molecule has 170 valence electrons. The predicted molar refractivity (Wildman–Crippen MR) is 112 cm³/mol. The Morgan fingerprint density at radius 1 is 1.35 bits per heavy atom. The van der Waals surface area contributed by atoms with Crippen molar-refractivity contribution in [2.45, 2.75) is 51.7 Å². The molecule has 0 aromatic carbocycles. The molecule has 1 amide bonds. The van der Waals surface area contributed by atoms with Gasteiger partial charge in [-0.1, -0.05) is 0 Å². The number of hydrogen-bond acceptors (Lipinski definition) is 5. The number of nitrogens with two attached hydrogens (primary N) is 1. The van der Waals surface area contributed by atoms with Crippen molar-refractivity contribution in [2.24, 2.45) is 22.6 Å². The van der Waals surface area contributed by atoms with Gasteiger partial charge in [0.15, 0.2) is 0 Å². The fourth-order valence-electron chi connectivity index (χ4n) is 4.13. The first-order valence-corrected chi connectivity index (χ1v) is 10.3. The third-order valence-electron chi connectivity index (χ3n) is 6.15. The molecular weight excluding hydrogens is 411 g/mol. The van der Waals surface area contributed by atoms with Crippen LogP contribution in [0.25, 0.3) is 0 Å². The van der Waals surface area contributed by atoms with Crippen LogP contribution >= 0.6 is 0 Å². The standard InChI is InChI=1S/C21H28F3N5O2/c1-11(25)8-16-28-19-17(12(2)29(16)3)18(30)15(10-26-19)20(31)27-9-13-4-6-14(7-5-13)21(22,23)24/h8,10,12-14H,4-7,9,25H2,1-3H3,(H,26,30)(H,27,31)/b11-8-. The van der Waals surface area contributed by atoms with Gasteiger partial charge in [0.25, 0.3) is 5.91 Å². The maximum atomic E-state index is 13.0. The van der Waals surface area contributed by atoms with Crippen molar-refractivity contribution in [2.75, 3.05) is 13.6 Å². The van der Waals surface area contributed by atoms with Crippen LogP contribution in [0.15, 0.2) is 27.8 Å². The van der Waals surface area contributed by atoms with Crippen LogP contribution in [0.4, 0.5) is 19.0 Å². The fraction of sp³-hybridized carbons (Fsp3) is 0.571.